The van der Waals surface area contributed by atoms with Crippen LogP contribution in [0.1, 0.15) is 13.8 Å². The van der Waals surface area contributed by atoms with E-state index in [9.17, 15) is 9.59 Å². The zero-order valence-electron chi connectivity index (χ0n) is 9.03. The molecule has 1 atom stereocenters. The molecule has 0 spiro atoms. The van der Waals surface area contributed by atoms with Gasteiger partial charge in [0, 0.05) is 6.54 Å². The van der Waals surface area contributed by atoms with Crippen LogP contribution in [0.5, 0.6) is 0 Å². The Bertz CT molecular complexity index is 272. The van der Waals surface area contributed by atoms with Crippen molar-refractivity contribution in [3.05, 3.63) is 0 Å². The number of primary amides is 1. The molecule has 1 aliphatic rings. The molecule has 0 radical (unpaired) electrons. The number of nitrogens with zero attached hydrogens (tertiary/aromatic N) is 1. The highest BCUT2D eigenvalue weighted by molar-refractivity contribution is 5.91. The maximum absolute atomic E-state index is 11.9. The van der Waals surface area contributed by atoms with Gasteiger partial charge in [0.15, 0.2) is 0 Å². The van der Waals surface area contributed by atoms with Gasteiger partial charge >= 0.3 is 0 Å². The summed E-state index contributed by atoms with van der Waals surface area (Å²) in [5.74, 6) is -0.845. The minimum absolute atomic E-state index is 0.150. The summed E-state index contributed by atoms with van der Waals surface area (Å²) in [6, 6.07) is -0.700. The maximum Gasteiger partial charge on any atom is 0.242 e. The molecule has 1 fully saturated rings. The van der Waals surface area contributed by atoms with Gasteiger partial charge in [0.2, 0.25) is 11.8 Å². The zero-order chi connectivity index (χ0) is 11.6. The second-order valence-corrected chi connectivity index (χ2v) is 4.21. The van der Waals surface area contributed by atoms with Gasteiger partial charge < -0.3 is 21.1 Å². The Morgan fingerprint density at radius 1 is 1.47 bits per heavy atom. The largest absolute Gasteiger partial charge is 0.377 e. The molecule has 4 N–H and O–H groups in total. The van der Waals surface area contributed by atoms with Crippen molar-refractivity contribution in [1.82, 2.24) is 4.90 Å². The summed E-state index contributed by atoms with van der Waals surface area (Å²) in [6.45, 7) is 4.11. The Labute approximate surface area is 88.5 Å². The average molecular weight is 215 g/mol. The number of carbonyl (C=O) groups excluding carboxylic acids is 2. The molecule has 0 saturated carbocycles. The molecule has 0 bridgehead atoms. The van der Waals surface area contributed by atoms with Gasteiger partial charge in [0.25, 0.3) is 0 Å². The van der Waals surface area contributed by atoms with Crippen LogP contribution in [0.3, 0.4) is 0 Å². The summed E-state index contributed by atoms with van der Waals surface area (Å²) in [7, 11) is 0. The van der Waals surface area contributed by atoms with E-state index < -0.39 is 17.5 Å². The van der Waals surface area contributed by atoms with Crippen LogP contribution in [-0.2, 0) is 14.3 Å². The van der Waals surface area contributed by atoms with Gasteiger partial charge in [-0.25, -0.2) is 0 Å². The Morgan fingerprint density at radius 3 is 2.53 bits per heavy atom. The summed E-state index contributed by atoms with van der Waals surface area (Å²) in [6.07, 6.45) is 0. The lowest BCUT2D eigenvalue weighted by molar-refractivity contribution is -0.150. The second-order valence-electron chi connectivity index (χ2n) is 4.21. The smallest absolute Gasteiger partial charge is 0.242 e. The molecule has 1 heterocycles. The van der Waals surface area contributed by atoms with Crippen molar-refractivity contribution >= 4 is 11.8 Å². The standard InChI is InChI=1S/C9H17N3O3/c1-9(2,11)8(14)12-3-4-15-5-6(12)7(10)13/h6H,3-5,11H2,1-2H3,(H2,10,13). The number of ether oxygens (including phenoxy) is 1. The quantitative estimate of drug-likeness (QED) is 0.581. The molecule has 1 aliphatic heterocycles. The highest BCUT2D eigenvalue weighted by atomic mass is 16.5. The van der Waals surface area contributed by atoms with Gasteiger partial charge in [-0.1, -0.05) is 0 Å². The first kappa shape index (κ1) is 11.9. The Hall–Kier alpha value is -1.14. The van der Waals surface area contributed by atoms with Crippen molar-refractivity contribution in [1.29, 1.82) is 0 Å². The monoisotopic (exact) mass is 215 g/mol. The van der Waals surface area contributed by atoms with E-state index in [4.69, 9.17) is 16.2 Å². The minimum Gasteiger partial charge on any atom is -0.377 e. The van der Waals surface area contributed by atoms with Gasteiger partial charge in [0.05, 0.1) is 18.8 Å². The normalized spacial score (nSPS) is 22.6. The number of hydrogen-bond donors (Lipinski definition) is 2. The van der Waals surface area contributed by atoms with Crippen LogP contribution >= 0.6 is 0 Å². The molecule has 0 aromatic carbocycles. The van der Waals surface area contributed by atoms with Crippen LogP contribution in [0.15, 0.2) is 0 Å². The molecule has 1 unspecified atom stereocenters. The van der Waals surface area contributed by atoms with E-state index in [0.717, 1.165) is 0 Å². The van der Waals surface area contributed by atoms with Crippen molar-refractivity contribution in [2.45, 2.75) is 25.4 Å². The van der Waals surface area contributed by atoms with Gasteiger partial charge in [-0.3, -0.25) is 9.59 Å². The number of rotatable bonds is 2. The van der Waals surface area contributed by atoms with Crippen molar-refractivity contribution in [3.8, 4) is 0 Å². The lowest BCUT2D eigenvalue weighted by atomic mass is 10.0. The highest BCUT2D eigenvalue weighted by Crippen LogP contribution is 2.12. The number of morpholine rings is 1. The molecule has 15 heavy (non-hydrogen) atoms. The molecule has 0 aliphatic carbocycles. The van der Waals surface area contributed by atoms with Gasteiger partial charge in [0.1, 0.15) is 6.04 Å². The summed E-state index contributed by atoms with van der Waals surface area (Å²) in [4.78, 5) is 24.4. The molecule has 6 heteroatoms. The summed E-state index contributed by atoms with van der Waals surface area (Å²) in [5, 5.41) is 0. The Kier molecular flexibility index (Phi) is 3.31. The third kappa shape index (κ3) is 2.66. The fourth-order valence-corrected chi connectivity index (χ4v) is 1.45. The van der Waals surface area contributed by atoms with Crippen molar-refractivity contribution in [2.75, 3.05) is 19.8 Å². The van der Waals surface area contributed by atoms with Crippen LogP contribution in [0.4, 0.5) is 0 Å². The number of nitrogens with two attached hydrogens (primary N) is 2. The number of amides is 2. The van der Waals surface area contributed by atoms with Crippen LogP contribution in [0, 0.1) is 0 Å². The van der Waals surface area contributed by atoms with Crippen molar-refractivity contribution < 1.29 is 14.3 Å². The number of carbonyl (C=O) groups is 2. The zero-order valence-corrected chi connectivity index (χ0v) is 9.03. The molecule has 1 saturated heterocycles. The van der Waals surface area contributed by atoms with Crippen LogP contribution < -0.4 is 11.5 Å². The first-order chi connectivity index (χ1) is 6.84. The minimum atomic E-state index is -0.995. The fourth-order valence-electron chi connectivity index (χ4n) is 1.45. The van der Waals surface area contributed by atoms with Crippen LogP contribution in [0.2, 0.25) is 0 Å². The summed E-state index contributed by atoms with van der Waals surface area (Å²) < 4.78 is 5.10. The van der Waals surface area contributed by atoms with E-state index in [1.165, 1.54) is 4.90 Å². The average Bonchev–Trinajstić information content (AvgIpc) is 2.15. The third-order valence-electron chi connectivity index (χ3n) is 2.27. The Balaban J connectivity index is 2.81. The van der Waals surface area contributed by atoms with Gasteiger partial charge in [-0.2, -0.15) is 0 Å². The molecule has 86 valence electrons. The maximum atomic E-state index is 11.9. The summed E-state index contributed by atoms with van der Waals surface area (Å²) in [5.41, 5.74) is 9.88. The van der Waals surface area contributed by atoms with Gasteiger partial charge in [-0.05, 0) is 13.8 Å². The molecular formula is C9H17N3O3. The molecule has 6 nitrogen and oxygen atoms in total. The van der Waals surface area contributed by atoms with Crippen LogP contribution in [0.25, 0.3) is 0 Å². The van der Waals surface area contributed by atoms with E-state index in [0.29, 0.717) is 13.2 Å². The van der Waals surface area contributed by atoms with E-state index in [2.05, 4.69) is 0 Å². The molecule has 1 rings (SSSR count). The van der Waals surface area contributed by atoms with E-state index in [1.807, 2.05) is 0 Å². The molecule has 2 amide bonds. The lowest BCUT2D eigenvalue weighted by Gasteiger charge is -2.37. The van der Waals surface area contributed by atoms with Crippen molar-refractivity contribution in [3.63, 3.8) is 0 Å². The third-order valence-corrected chi connectivity index (χ3v) is 2.27. The van der Waals surface area contributed by atoms with E-state index in [1.54, 1.807) is 13.8 Å². The summed E-state index contributed by atoms with van der Waals surface area (Å²) >= 11 is 0. The molecule has 0 aromatic heterocycles. The predicted octanol–water partition coefficient (Wildman–Crippen LogP) is -1.56. The lowest BCUT2D eigenvalue weighted by Crippen LogP contribution is -2.61. The fraction of sp³-hybridized carbons (Fsp3) is 0.778. The van der Waals surface area contributed by atoms with E-state index >= 15 is 0 Å². The van der Waals surface area contributed by atoms with E-state index in [-0.39, 0.29) is 12.5 Å². The van der Waals surface area contributed by atoms with Crippen LogP contribution in [-0.4, -0.2) is 48.1 Å². The van der Waals surface area contributed by atoms with Crippen molar-refractivity contribution in [2.24, 2.45) is 11.5 Å². The SMILES string of the molecule is CC(C)(N)C(=O)N1CCOCC1C(N)=O. The first-order valence-corrected chi connectivity index (χ1v) is 4.81. The second kappa shape index (κ2) is 4.16. The number of hydrogen-bond acceptors (Lipinski definition) is 4. The van der Waals surface area contributed by atoms with Gasteiger partial charge in [-0.15, -0.1) is 0 Å². The topological polar surface area (TPSA) is 98.7 Å². The predicted molar refractivity (Wildman–Crippen MR) is 53.8 cm³/mol. The highest BCUT2D eigenvalue weighted by Gasteiger charge is 2.36. The molecule has 0 aromatic rings. The first-order valence-electron chi connectivity index (χ1n) is 4.81. The Morgan fingerprint density at radius 2 is 2.07 bits per heavy atom. The molecular weight excluding hydrogens is 198 g/mol.